The maximum absolute atomic E-state index is 6.76. The summed E-state index contributed by atoms with van der Waals surface area (Å²) >= 11 is 31.2. The molecule has 0 atom stereocenters. The molecule has 8 saturated carbocycles. The molecule has 8 fully saturated rings. The summed E-state index contributed by atoms with van der Waals surface area (Å²) in [6.07, 6.45) is 16.4. The SMILES string of the molecule is ClP1(Cl)=NP(Cl)(Cl)=NP(SC23CC4CC(CC(C4)C2)C3)(SC23CC4CC(CC(C4)C2)C3)=N1. The Morgan fingerprint density at radius 1 is 0.500 bits per heavy atom. The Kier molecular flexibility index (Phi) is 5.76. The van der Waals surface area contributed by atoms with E-state index in [-0.39, 0.29) is 9.49 Å². The topological polar surface area (TPSA) is 37.1 Å². The van der Waals surface area contributed by atoms with Gasteiger partial charge in [-0.2, -0.15) is 13.5 Å². The first-order chi connectivity index (χ1) is 15.0. The summed E-state index contributed by atoms with van der Waals surface area (Å²) in [5.74, 6) is -0.526. The minimum absolute atomic E-state index is 0.268. The smallest absolute Gasteiger partial charge is 0.193 e. The summed E-state index contributed by atoms with van der Waals surface area (Å²) < 4.78 is 15.3. The second kappa shape index (κ2) is 7.79. The van der Waals surface area contributed by atoms with Gasteiger partial charge < -0.3 is 0 Å². The van der Waals surface area contributed by atoms with Crippen LogP contribution < -0.4 is 0 Å². The van der Waals surface area contributed by atoms with Crippen molar-refractivity contribution in [2.75, 3.05) is 0 Å². The molecule has 12 heteroatoms. The zero-order valence-electron chi connectivity index (χ0n) is 18.0. The quantitative estimate of drug-likeness (QED) is 0.297. The molecular weight excluding hydrogens is 581 g/mol. The van der Waals surface area contributed by atoms with Gasteiger partial charge in [0.15, 0.2) is 5.61 Å². The molecule has 0 amide bonds. The maximum Gasteiger partial charge on any atom is 0.257 e. The standard InChI is InChI=1S/C20H30Cl4N3P3S2/c21-28(22)25-29(23,24)27-30(26-28,31-19-7-13-1-14(8-19)3-15(2-13)9-19)32-20-10-16-4-17(11-20)6-18(5-16)12-20/h13-18H,1-12H2. The molecule has 0 aromatic carbocycles. The van der Waals surface area contributed by atoms with E-state index in [4.69, 9.17) is 54.0 Å². The Labute approximate surface area is 219 Å². The van der Waals surface area contributed by atoms with Crippen LogP contribution in [0.3, 0.4) is 0 Å². The number of rotatable bonds is 4. The predicted molar refractivity (Wildman–Crippen MR) is 148 cm³/mol. The minimum atomic E-state index is -2.90. The molecule has 9 aliphatic rings. The van der Waals surface area contributed by atoms with Gasteiger partial charge in [-0.1, -0.05) is 22.8 Å². The molecular formula is C20H30Cl4N3P3S2. The van der Waals surface area contributed by atoms with Crippen molar-refractivity contribution >= 4 is 85.2 Å². The van der Waals surface area contributed by atoms with Gasteiger partial charge >= 0.3 is 0 Å². The molecule has 8 bridgehead atoms. The molecule has 180 valence electrons. The van der Waals surface area contributed by atoms with E-state index in [1.54, 1.807) is 0 Å². The highest BCUT2D eigenvalue weighted by Gasteiger charge is 2.58. The van der Waals surface area contributed by atoms with Crippen molar-refractivity contribution in [2.24, 2.45) is 49.1 Å². The van der Waals surface area contributed by atoms with Gasteiger partial charge in [0.25, 0.3) is 11.8 Å². The Bertz CT molecular complexity index is 893. The van der Waals surface area contributed by atoms with Crippen LogP contribution in [0.4, 0.5) is 0 Å². The van der Waals surface area contributed by atoms with E-state index in [1.807, 2.05) is 0 Å². The second-order valence-corrected chi connectivity index (χ2v) is 30.6. The maximum atomic E-state index is 6.76. The number of halogens is 4. The summed E-state index contributed by atoms with van der Waals surface area (Å²) in [5.41, 5.74) is -2.37. The van der Waals surface area contributed by atoms with Crippen LogP contribution in [0.15, 0.2) is 13.5 Å². The van der Waals surface area contributed by atoms with Gasteiger partial charge in [0.1, 0.15) is 0 Å². The second-order valence-electron chi connectivity index (χ2n) is 12.1. The minimum Gasteiger partial charge on any atom is -0.193 e. The van der Waals surface area contributed by atoms with E-state index < -0.39 is 17.4 Å². The fraction of sp³-hybridized carbons (Fsp3) is 1.00. The Balaban J connectivity index is 1.31. The van der Waals surface area contributed by atoms with Crippen molar-refractivity contribution in [1.82, 2.24) is 0 Å². The van der Waals surface area contributed by atoms with Gasteiger partial charge in [0, 0.05) is 9.49 Å². The van der Waals surface area contributed by atoms with Gasteiger partial charge in [0.05, 0.1) is 0 Å². The Hall–Kier alpha value is 2.55. The first-order valence-electron chi connectivity index (χ1n) is 12.1. The average Bonchev–Trinajstić information content (AvgIpc) is 2.54. The molecule has 0 aromatic heterocycles. The highest BCUT2D eigenvalue weighted by atomic mass is 35.9. The van der Waals surface area contributed by atoms with Crippen LogP contribution in [0, 0.1) is 35.5 Å². The molecule has 9 rings (SSSR count). The Morgan fingerprint density at radius 2 is 0.812 bits per heavy atom. The molecule has 1 heterocycles. The fourth-order valence-corrected chi connectivity index (χ4v) is 41.4. The zero-order valence-corrected chi connectivity index (χ0v) is 25.3. The summed E-state index contributed by atoms with van der Waals surface area (Å²) in [7, 11) is 0. The third-order valence-corrected chi connectivity index (χ3v) is 29.3. The summed E-state index contributed by atoms with van der Waals surface area (Å²) in [6, 6.07) is 0. The van der Waals surface area contributed by atoms with Crippen LogP contribution in [0.1, 0.15) is 77.0 Å². The van der Waals surface area contributed by atoms with Crippen molar-refractivity contribution < 1.29 is 0 Å². The summed E-state index contributed by atoms with van der Waals surface area (Å²) in [6.45, 7) is 0. The van der Waals surface area contributed by atoms with Gasteiger partial charge in [-0.15, -0.1) is 0 Å². The van der Waals surface area contributed by atoms with Crippen molar-refractivity contribution in [3.05, 3.63) is 0 Å². The average molecular weight is 611 g/mol. The molecule has 0 spiro atoms. The zero-order chi connectivity index (χ0) is 22.0. The number of hydrogen-bond acceptors (Lipinski definition) is 5. The van der Waals surface area contributed by atoms with E-state index in [9.17, 15) is 0 Å². The number of hydrogen-bond donors (Lipinski definition) is 0. The highest BCUT2D eigenvalue weighted by molar-refractivity contribution is 8.92. The Morgan fingerprint density at radius 3 is 1.12 bits per heavy atom. The molecule has 3 nitrogen and oxygen atoms in total. The van der Waals surface area contributed by atoms with Gasteiger partial charge in [-0.3, -0.25) is 0 Å². The molecule has 0 radical (unpaired) electrons. The lowest BCUT2D eigenvalue weighted by Crippen LogP contribution is -2.49. The van der Waals surface area contributed by atoms with Gasteiger partial charge in [0.2, 0.25) is 0 Å². The van der Waals surface area contributed by atoms with E-state index >= 15 is 0 Å². The van der Waals surface area contributed by atoms with Crippen molar-refractivity contribution in [3.8, 4) is 0 Å². The van der Waals surface area contributed by atoms with Crippen molar-refractivity contribution in [1.29, 1.82) is 0 Å². The van der Waals surface area contributed by atoms with Crippen LogP contribution in [0.5, 0.6) is 0 Å². The lowest BCUT2D eigenvalue weighted by atomic mass is 9.56. The van der Waals surface area contributed by atoms with Gasteiger partial charge in [-0.25, -0.2) is 0 Å². The van der Waals surface area contributed by atoms with E-state index in [0.717, 1.165) is 35.5 Å². The van der Waals surface area contributed by atoms with Gasteiger partial charge in [-0.05, 0) is 158 Å². The lowest BCUT2D eigenvalue weighted by Gasteiger charge is -2.59. The molecule has 0 unspecified atom stereocenters. The van der Waals surface area contributed by atoms with Crippen LogP contribution in [0.2, 0.25) is 0 Å². The lowest BCUT2D eigenvalue weighted by molar-refractivity contribution is 0.0387. The van der Waals surface area contributed by atoms with Crippen LogP contribution in [0.25, 0.3) is 0 Å². The van der Waals surface area contributed by atoms with Crippen LogP contribution in [-0.4, -0.2) is 9.49 Å². The monoisotopic (exact) mass is 609 g/mol. The van der Waals surface area contributed by atoms with E-state index in [2.05, 4.69) is 27.3 Å². The van der Waals surface area contributed by atoms with Crippen molar-refractivity contribution in [3.63, 3.8) is 0 Å². The first kappa shape index (κ1) is 23.7. The molecule has 1 aliphatic heterocycles. The van der Waals surface area contributed by atoms with Crippen LogP contribution in [-0.2, 0) is 0 Å². The van der Waals surface area contributed by atoms with E-state index in [1.165, 1.54) is 77.0 Å². The predicted octanol–water partition coefficient (Wildman–Crippen LogP) is 12.2. The molecule has 32 heavy (non-hydrogen) atoms. The van der Waals surface area contributed by atoms with Crippen LogP contribution >= 0.6 is 85.2 Å². The molecule has 0 N–H and O–H groups in total. The molecule has 8 aliphatic carbocycles. The van der Waals surface area contributed by atoms with E-state index in [0.29, 0.717) is 0 Å². The summed E-state index contributed by atoms with van der Waals surface area (Å²) in [4.78, 5) is 0. The first-order valence-corrected chi connectivity index (χ1v) is 23.7. The summed E-state index contributed by atoms with van der Waals surface area (Å²) in [5, 5.41) is 0. The number of nitrogens with zero attached hydrogens (tertiary/aromatic N) is 3. The fourth-order valence-electron chi connectivity index (χ4n) is 9.34. The molecule has 0 saturated heterocycles. The van der Waals surface area contributed by atoms with Crippen molar-refractivity contribution in [2.45, 2.75) is 86.5 Å². The molecule has 0 aromatic rings. The third-order valence-electron chi connectivity index (χ3n) is 9.25. The third kappa shape index (κ3) is 4.33. The largest absolute Gasteiger partial charge is 0.257 e. The normalized spacial score (nSPS) is 55.9. The highest BCUT2D eigenvalue weighted by Crippen LogP contribution is 2.95.